The van der Waals surface area contributed by atoms with Crippen molar-refractivity contribution >= 4 is 23.7 Å². The Morgan fingerprint density at radius 1 is 1.07 bits per heavy atom. The first-order chi connectivity index (χ1) is 13.3. The van der Waals surface area contributed by atoms with Crippen LogP contribution in [-0.2, 0) is 9.53 Å². The highest BCUT2D eigenvalue weighted by Gasteiger charge is 2.40. The first-order valence-corrected chi connectivity index (χ1v) is 8.64. The normalized spacial score (nSPS) is 24.0. The average molecular weight is 384 g/mol. The molecule has 28 heavy (non-hydrogen) atoms. The summed E-state index contributed by atoms with van der Waals surface area (Å²) in [6.07, 6.45) is -1.40. The molecule has 2 unspecified atom stereocenters. The van der Waals surface area contributed by atoms with Crippen LogP contribution in [0.4, 0.5) is 11.4 Å². The minimum Gasteiger partial charge on any atom is -0.851 e. The quantitative estimate of drug-likeness (QED) is 0.513. The van der Waals surface area contributed by atoms with Crippen LogP contribution in [-0.4, -0.2) is 41.8 Å². The van der Waals surface area contributed by atoms with Gasteiger partial charge in [0.25, 0.3) is 0 Å². The summed E-state index contributed by atoms with van der Waals surface area (Å²) < 4.78 is 4.79. The highest BCUT2D eigenvalue weighted by molar-refractivity contribution is 5.90. The lowest BCUT2D eigenvalue weighted by atomic mass is 9.62. The van der Waals surface area contributed by atoms with Gasteiger partial charge in [-0.05, 0) is 35.1 Å². The number of phenols is 2. The molecule has 0 spiro atoms. The van der Waals surface area contributed by atoms with E-state index in [-0.39, 0.29) is 23.1 Å². The zero-order valence-corrected chi connectivity index (χ0v) is 15.3. The van der Waals surface area contributed by atoms with E-state index in [2.05, 4.69) is 10.3 Å². The van der Waals surface area contributed by atoms with Gasteiger partial charge in [-0.15, -0.1) is 12.2 Å². The fourth-order valence-corrected chi connectivity index (χ4v) is 3.55. The van der Waals surface area contributed by atoms with E-state index in [1.54, 1.807) is 0 Å². The van der Waals surface area contributed by atoms with Crippen molar-refractivity contribution in [2.24, 2.45) is 4.99 Å². The number of anilines is 1. The van der Waals surface area contributed by atoms with Gasteiger partial charge in [-0.1, -0.05) is 12.1 Å². The van der Waals surface area contributed by atoms with Gasteiger partial charge in [-0.25, -0.2) is 4.99 Å². The lowest BCUT2D eigenvalue weighted by Gasteiger charge is -2.62. The molecule has 1 aliphatic rings. The Balaban J connectivity index is 1.94. The Morgan fingerprint density at radius 2 is 1.64 bits per heavy atom. The molecule has 2 atom stereocenters. The van der Waals surface area contributed by atoms with E-state index in [0.717, 1.165) is 6.40 Å². The van der Waals surface area contributed by atoms with Crippen molar-refractivity contribution in [1.82, 2.24) is 0 Å². The lowest BCUT2D eigenvalue weighted by Crippen LogP contribution is -2.63. The topological polar surface area (TPSA) is 137 Å². The molecule has 2 aromatic rings. The molecule has 3 rings (SSSR count). The predicted octanol–water partition coefficient (Wildman–Crippen LogP) is 0.701. The number of carbonyl (C=O) groups is 1. The van der Waals surface area contributed by atoms with Gasteiger partial charge >= 0.3 is 0 Å². The number of methoxy groups -OCH3 is 1. The largest absolute Gasteiger partial charge is 0.851 e. The maximum atomic E-state index is 13.0. The predicted molar refractivity (Wildman–Crippen MR) is 98.7 cm³/mol. The Hall–Kier alpha value is -3.10. The number of ether oxygens (including phenoxy) is 1. The molecule has 8 heteroatoms. The van der Waals surface area contributed by atoms with Crippen LogP contribution < -0.4 is 15.5 Å². The SMILES string of the molecule is COC=Nc1cc(O)ccc1C1C([O-])C(c2ccc(O)cc2NC(C)=O)C1[O-]. The fraction of sp³-hybridized carbons (Fsp3) is 0.300. The third-order valence-corrected chi connectivity index (χ3v) is 4.79. The van der Waals surface area contributed by atoms with Crippen LogP contribution in [0.1, 0.15) is 29.9 Å². The minimum atomic E-state index is -1.28. The van der Waals surface area contributed by atoms with E-state index in [4.69, 9.17) is 4.74 Å². The fourth-order valence-electron chi connectivity index (χ4n) is 3.55. The highest BCUT2D eigenvalue weighted by atomic mass is 16.5. The standard InChI is InChI=1S/C20H20N2O6/c1-10(23)22-16-8-12(25)4-6-14(16)18-19(26)17(20(18)27)13-5-3-11(24)7-15(13)21-9-28-2/h3-9,17-20,24-25H,1-2H3,(H,22,23)/q-2. The zero-order chi connectivity index (χ0) is 20.4. The number of rotatable bonds is 5. The third-order valence-electron chi connectivity index (χ3n) is 4.79. The van der Waals surface area contributed by atoms with Crippen LogP contribution in [0.25, 0.3) is 0 Å². The van der Waals surface area contributed by atoms with Gasteiger partial charge in [0.1, 0.15) is 11.5 Å². The first kappa shape index (κ1) is 19.7. The Kier molecular flexibility index (Phi) is 5.53. The van der Waals surface area contributed by atoms with Gasteiger partial charge in [0.15, 0.2) is 6.40 Å². The van der Waals surface area contributed by atoms with Gasteiger partial charge in [0.2, 0.25) is 5.91 Å². The van der Waals surface area contributed by atoms with Gasteiger partial charge in [-0.3, -0.25) is 4.79 Å². The molecule has 0 heterocycles. The molecule has 1 saturated carbocycles. The van der Waals surface area contributed by atoms with Gasteiger partial charge in [-0.2, -0.15) is 0 Å². The summed E-state index contributed by atoms with van der Waals surface area (Å²) in [5.74, 6) is -2.25. The molecule has 0 saturated heterocycles. The summed E-state index contributed by atoms with van der Waals surface area (Å²) in [4.78, 5) is 15.5. The summed E-state index contributed by atoms with van der Waals surface area (Å²) in [6.45, 7) is 1.30. The molecule has 3 N–H and O–H groups in total. The Morgan fingerprint density at radius 3 is 2.25 bits per heavy atom. The monoisotopic (exact) mass is 384 g/mol. The van der Waals surface area contributed by atoms with Crippen molar-refractivity contribution in [3.63, 3.8) is 0 Å². The van der Waals surface area contributed by atoms with Crippen LogP contribution in [0, 0.1) is 0 Å². The second-order valence-corrected chi connectivity index (χ2v) is 6.65. The molecular weight excluding hydrogens is 364 g/mol. The van der Waals surface area contributed by atoms with Crippen LogP contribution in [0.15, 0.2) is 41.4 Å². The number of hydrogen-bond donors (Lipinski definition) is 3. The molecule has 1 fully saturated rings. The van der Waals surface area contributed by atoms with Crippen LogP contribution in [0.5, 0.6) is 11.5 Å². The Labute approximate surface area is 161 Å². The van der Waals surface area contributed by atoms with Crippen LogP contribution >= 0.6 is 0 Å². The maximum absolute atomic E-state index is 13.0. The summed E-state index contributed by atoms with van der Waals surface area (Å²) in [7, 11) is 1.41. The van der Waals surface area contributed by atoms with Crippen molar-refractivity contribution in [3.05, 3.63) is 47.5 Å². The number of carbonyl (C=O) groups excluding carboxylic acids is 1. The van der Waals surface area contributed by atoms with Crippen LogP contribution in [0.3, 0.4) is 0 Å². The highest BCUT2D eigenvalue weighted by Crippen LogP contribution is 2.50. The number of aromatic hydroxyl groups is 2. The molecular formula is C20H20N2O6-2. The molecule has 0 aliphatic heterocycles. The third kappa shape index (κ3) is 3.64. The van der Waals surface area contributed by atoms with Crippen molar-refractivity contribution in [3.8, 4) is 11.5 Å². The molecule has 2 aromatic carbocycles. The number of phenolic OH excluding ortho intramolecular Hbond substituents is 2. The summed E-state index contributed by atoms with van der Waals surface area (Å²) >= 11 is 0. The number of hydrogen-bond acceptors (Lipinski definition) is 7. The Bertz CT molecular complexity index is 904. The van der Waals surface area contributed by atoms with Crippen molar-refractivity contribution in [1.29, 1.82) is 0 Å². The number of aliphatic imine (C=N–C) groups is 1. The van der Waals surface area contributed by atoms with Crippen LogP contribution in [0.2, 0.25) is 0 Å². The van der Waals surface area contributed by atoms with Gasteiger partial charge in [0.05, 0.1) is 12.8 Å². The molecule has 0 aromatic heterocycles. The number of nitrogens with zero attached hydrogens (tertiary/aromatic N) is 1. The first-order valence-electron chi connectivity index (χ1n) is 8.64. The van der Waals surface area contributed by atoms with E-state index in [1.165, 1.54) is 50.4 Å². The summed E-state index contributed by atoms with van der Waals surface area (Å²) in [6, 6.07) is 8.46. The lowest BCUT2D eigenvalue weighted by molar-refractivity contribution is -0.535. The molecule has 0 radical (unpaired) electrons. The molecule has 1 aliphatic carbocycles. The zero-order valence-electron chi connectivity index (χ0n) is 15.3. The summed E-state index contributed by atoms with van der Waals surface area (Å²) in [5, 5.41) is 47.8. The van der Waals surface area contributed by atoms with E-state index in [0.29, 0.717) is 16.8 Å². The number of amides is 1. The van der Waals surface area contributed by atoms with E-state index in [1.807, 2.05) is 0 Å². The van der Waals surface area contributed by atoms with Crippen molar-refractivity contribution in [2.45, 2.75) is 31.0 Å². The number of nitrogens with one attached hydrogen (secondary N) is 1. The van der Waals surface area contributed by atoms with E-state index in [9.17, 15) is 25.2 Å². The van der Waals surface area contributed by atoms with Crippen molar-refractivity contribution < 1.29 is 30.0 Å². The van der Waals surface area contributed by atoms with Gasteiger partial charge < -0.3 is 30.5 Å². The molecule has 1 amide bonds. The van der Waals surface area contributed by atoms with Gasteiger partial charge in [0, 0.05) is 24.7 Å². The van der Waals surface area contributed by atoms with E-state index >= 15 is 0 Å². The second-order valence-electron chi connectivity index (χ2n) is 6.65. The van der Waals surface area contributed by atoms with E-state index < -0.39 is 24.0 Å². The molecule has 8 nitrogen and oxygen atoms in total. The average Bonchev–Trinajstić information content (AvgIpc) is 2.63. The summed E-state index contributed by atoms with van der Waals surface area (Å²) in [5.41, 5.74) is 1.37. The maximum Gasteiger partial charge on any atom is 0.221 e. The van der Waals surface area contributed by atoms with Crippen molar-refractivity contribution in [2.75, 3.05) is 12.4 Å². The number of benzene rings is 2. The minimum absolute atomic E-state index is 0.0424. The molecule has 0 bridgehead atoms. The smallest absolute Gasteiger partial charge is 0.221 e. The molecule has 148 valence electrons. The second kappa shape index (κ2) is 7.87.